The molecule has 0 aromatic heterocycles. The molecule has 0 aliphatic rings. The molecule has 0 unspecified atom stereocenters. The van der Waals surface area contributed by atoms with Crippen LogP contribution in [0.25, 0.3) is 6.08 Å². The van der Waals surface area contributed by atoms with Crippen LogP contribution >= 0.6 is 0 Å². The monoisotopic (exact) mass is 412 g/mol. The Morgan fingerprint density at radius 1 is 0.933 bits per heavy atom. The minimum absolute atomic E-state index is 0.257. The van der Waals surface area contributed by atoms with Gasteiger partial charge in [0.15, 0.2) is 11.5 Å². The number of nitrogens with one attached hydrogen (secondary N) is 2. The van der Waals surface area contributed by atoms with Crippen LogP contribution in [0.2, 0.25) is 0 Å². The fourth-order valence-electron chi connectivity index (χ4n) is 2.74. The van der Waals surface area contributed by atoms with Crippen LogP contribution in [-0.4, -0.2) is 38.7 Å². The molecular weight excluding hydrogens is 384 g/mol. The highest BCUT2D eigenvalue weighted by molar-refractivity contribution is 6.07. The maximum absolute atomic E-state index is 12.5. The molecule has 0 aliphatic heterocycles. The first kappa shape index (κ1) is 22.8. The number of carbonyl (C=O) groups is 2. The molecular formula is C23H28N2O5. The summed E-state index contributed by atoms with van der Waals surface area (Å²) in [6, 6.07) is 10.3. The summed E-state index contributed by atoms with van der Waals surface area (Å²) in [5.41, 5.74) is 1.12. The SMILES string of the molecule is COc1cc(/C=C/C(=O)Nc2ccccc2C(=O)NC(C)(C)C)cc(OC)c1OC. The summed E-state index contributed by atoms with van der Waals surface area (Å²) in [6.07, 6.45) is 3.00. The molecule has 0 atom stereocenters. The van der Waals surface area contributed by atoms with Crippen LogP contribution in [0.5, 0.6) is 17.2 Å². The predicted molar refractivity (Wildman–Crippen MR) is 117 cm³/mol. The van der Waals surface area contributed by atoms with Crippen LogP contribution < -0.4 is 24.8 Å². The van der Waals surface area contributed by atoms with Gasteiger partial charge < -0.3 is 24.8 Å². The number of amides is 2. The van der Waals surface area contributed by atoms with Crippen molar-refractivity contribution in [1.29, 1.82) is 0 Å². The van der Waals surface area contributed by atoms with Gasteiger partial charge in [-0.2, -0.15) is 0 Å². The van der Waals surface area contributed by atoms with Gasteiger partial charge in [0.25, 0.3) is 5.91 Å². The maximum atomic E-state index is 12.5. The fraction of sp³-hybridized carbons (Fsp3) is 0.304. The molecule has 0 heterocycles. The smallest absolute Gasteiger partial charge is 0.253 e. The fourth-order valence-corrected chi connectivity index (χ4v) is 2.74. The molecule has 160 valence electrons. The van der Waals surface area contributed by atoms with Gasteiger partial charge >= 0.3 is 0 Å². The number of hydrogen-bond acceptors (Lipinski definition) is 5. The van der Waals surface area contributed by atoms with Crippen molar-refractivity contribution in [2.24, 2.45) is 0 Å². The lowest BCUT2D eigenvalue weighted by Crippen LogP contribution is -2.40. The van der Waals surface area contributed by atoms with Crippen LogP contribution in [0.4, 0.5) is 5.69 Å². The van der Waals surface area contributed by atoms with Gasteiger partial charge in [-0.3, -0.25) is 9.59 Å². The Labute approximate surface area is 177 Å². The summed E-state index contributed by atoms with van der Waals surface area (Å²) in [7, 11) is 4.57. The van der Waals surface area contributed by atoms with Crippen LogP contribution in [0.3, 0.4) is 0 Å². The van der Waals surface area contributed by atoms with E-state index in [2.05, 4.69) is 10.6 Å². The Hall–Kier alpha value is -3.48. The van der Waals surface area contributed by atoms with E-state index in [4.69, 9.17) is 14.2 Å². The van der Waals surface area contributed by atoms with E-state index >= 15 is 0 Å². The zero-order chi connectivity index (χ0) is 22.3. The number of benzene rings is 2. The summed E-state index contributed by atoms with van der Waals surface area (Å²) in [4.78, 5) is 25.0. The lowest BCUT2D eigenvalue weighted by molar-refractivity contribution is -0.111. The van der Waals surface area contributed by atoms with Gasteiger partial charge in [0.2, 0.25) is 11.7 Å². The minimum atomic E-state index is -0.388. The molecule has 2 aromatic rings. The molecule has 0 aliphatic carbocycles. The maximum Gasteiger partial charge on any atom is 0.253 e. The van der Waals surface area contributed by atoms with Crippen molar-refractivity contribution in [2.75, 3.05) is 26.6 Å². The zero-order valence-corrected chi connectivity index (χ0v) is 18.2. The molecule has 0 bridgehead atoms. The zero-order valence-electron chi connectivity index (χ0n) is 18.2. The summed E-state index contributed by atoms with van der Waals surface area (Å²) >= 11 is 0. The number of ether oxygens (including phenoxy) is 3. The van der Waals surface area contributed by atoms with Crippen LogP contribution in [0, 0.1) is 0 Å². The van der Waals surface area contributed by atoms with Crippen molar-refractivity contribution in [3.63, 3.8) is 0 Å². The topological polar surface area (TPSA) is 85.9 Å². The normalized spacial score (nSPS) is 11.1. The highest BCUT2D eigenvalue weighted by Gasteiger charge is 2.18. The molecule has 0 saturated carbocycles. The number of carbonyl (C=O) groups excluding carboxylic acids is 2. The van der Waals surface area contributed by atoms with Crippen LogP contribution in [-0.2, 0) is 4.79 Å². The second kappa shape index (κ2) is 9.82. The van der Waals surface area contributed by atoms with Crippen molar-refractivity contribution in [1.82, 2.24) is 5.32 Å². The molecule has 7 nitrogen and oxygen atoms in total. The van der Waals surface area contributed by atoms with Crippen molar-refractivity contribution < 1.29 is 23.8 Å². The van der Waals surface area contributed by atoms with Gasteiger partial charge in [-0.1, -0.05) is 12.1 Å². The van der Waals surface area contributed by atoms with E-state index in [1.807, 2.05) is 20.8 Å². The van der Waals surface area contributed by atoms with Gasteiger partial charge in [0.05, 0.1) is 32.6 Å². The first-order valence-electron chi connectivity index (χ1n) is 9.39. The van der Waals surface area contributed by atoms with E-state index in [9.17, 15) is 9.59 Å². The second-order valence-electron chi connectivity index (χ2n) is 7.53. The highest BCUT2D eigenvalue weighted by atomic mass is 16.5. The molecule has 30 heavy (non-hydrogen) atoms. The quantitative estimate of drug-likeness (QED) is 0.674. The van der Waals surface area contributed by atoms with Gasteiger partial charge in [0, 0.05) is 11.6 Å². The van der Waals surface area contributed by atoms with E-state index in [1.165, 1.54) is 27.4 Å². The third kappa shape index (κ3) is 6.01. The van der Waals surface area contributed by atoms with Crippen molar-refractivity contribution in [2.45, 2.75) is 26.3 Å². The number of anilines is 1. The molecule has 7 heteroatoms. The standard InChI is InChI=1S/C23H28N2O5/c1-23(2,3)25-22(27)16-9-7-8-10-17(16)24-20(26)12-11-15-13-18(28-4)21(30-6)19(14-15)29-5/h7-14H,1-6H3,(H,24,26)(H,25,27)/b12-11+. The molecule has 2 N–H and O–H groups in total. The highest BCUT2D eigenvalue weighted by Crippen LogP contribution is 2.38. The first-order valence-corrected chi connectivity index (χ1v) is 9.39. The minimum Gasteiger partial charge on any atom is -0.493 e. The van der Waals surface area contributed by atoms with Crippen molar-refractivity contribution in [3.8, 4) is 17.2 Å². The van der Waals surface area contributed by atoms with Crippen LogP contribution in [0.15, 0.2) is 42.5 Å². The Kier molecular flexibility index (Phi) is 7.47. The van der Waals surface area contributed by atoms with Crippen molar-refractivity contribution >= 4 is 23.6 Å². The Bertz CT molecular complexity index is 920. The number of para-hydroxylation sites is 1. The lowest BCUT2D eigenvalue weighted by atomic mass is 10.1. The van der Waals surface area contributed by atoms with E-state index in [0.29, 0.717) is 34.1 Å². The van der Waals surface area contributed by atoms with Crippen molar-refractivity contribution in [3.05, 3.63) is 53.6 Å². The van der Waals surface area contributed by atoms with E-state index in [0.717, 1.165) is 0 Å². The van der Waals surface area contributed by atoms with Gasteiger partial charge in [-0.05, 0) is 56.7 Å². The van der Waals surface area contributed by atoms with E-state index in [-0.39, 0.29) is 17.4 Å². The van der Waals surface area contributed by atoms with Gasteiger partial charge in [-0.25, -0.2) is 0 Å². The Morgan fingerprint density at radius 3 is 2.07 bits per heavy atom. The summed E-state index contributed by atoms with van der Waals surface area (Å²) in [5.74, 6) is 0.814. The largest absolute Gasteiger partial charge is 0.493 e. The average molecular weight is 412 g/mol. The number of methoxy groups -OCH3 is 3. The summed E-state index contributed by atoms with van der Waals surface area (Å²) in [6.45, 7) is 5.69. The third-order valence-electron chi connectivity index (χ3n) is 4.03. The number of hydrogen-bond donors (Lipinski definition) is 2. The molecule has 0 fully saturated rings. The lowest BCUT2D eigenvalue weighted by Gasteiger charge is -2.21. The molecule has 2 amide bonds. The molecule has 2 rings (SSSR count). The molecule has 0 radical (unpaired) electrons. The third-order valence-corrected chi connectivity index (χ3v) is 4.03. The molecule has 2 aromatic carbocycles. The predicted octanol–water partition coefficient (Wildman–Crippen LogP) is 3.89. The first-order chi connectivity index (χ1) is 14.2. The van der Waals surface area contributed by atoms with E-state index in [1.54, 1.807) is 42.5 Å². The summed E-state index contributed by atoms with van der Waals surface area (Å²) in [5, 5.41) is 5.65. The van der Waals surface area contributed by atoms with Gasteiger partial charge in [-0.15, -0.1) is 0 Å². The summed E-state index contributed by atoms with van der Waals surface area (Å²) < 4.78 is 15.9. The molecule has 0 spiro atoms. The number of rotatable bonds is 7. The van der Waals surface area contributed by atoms with E-state index < -0.39 is 0 Å². The Morgan fingerprint density at radius 2 is 1.53 bits per heavy atom. The average Bonchev–Trinajstić information content (AvgIpc) is 2.70. The van der Waals surface area contributed by atoms with Crippen LogP contribution in [0.1, 0.15) is 36.7 Å². The molecule has 0 saturated heterocycles. The second-order valence-corrected chi connectivity index (χ2v) is 7.53. The van der Waals surface area contributed by atoms with Gasteiger partial charge in [0.1, 0.15) is 0 Å². The Balaban J connectivity index is 2.21.